The first-order valence-electron chi connectivity index (χ1n) is 10.4. The Morgan fingerprint density at radius 1 is 1.13 bits per heavy atom. The molecule has 1 aliphatic rings. The molecule has 8 nitrogen and oxygen atoms in total. The van der Waals surface area contributed by atoms with E-state index in [-0.39, 0.29) is 19.0 Å². The number of hydrogen-bond donors (Lipinski definition) is 3. The topological polar surface area (TPSA) is 93.3 Å². The lowest BCUT2D eigenvalue weighted by Crippen LogP contribution is -2.50. The van der Waals surface area contributed by atoms with Gasteiger partial charge < -0.3 is 30.0 Å². The van der Waals surface area contributed by atoms with Crippen LogP contribution in [0.4, 0.5) is 5.69 Å². The second kappa shape index (κ2) is 10.2. The summed E-state index contributed by atoms with van der Waals surface area (Å²) in [6.07, 6.45) is 1.53. The summed E-state index contributed by atoms with van der Waals surface area (Å²) in [5.74, 6) is 0.955. The van der Waals surface area contributed by atoms with E-state index in [0.717, 1.165) is 13.1 Å². The van der Waals surface area contributed by atoms with Crippen molar-refractivity contribution in [2.24, 2.45) is 4.99 Å². The summed E-state index contributed by atoms with van der Waals surface area (Å²) in [5, 5.41) is 16.8. The Morgan fingerprint density at radius 2 is 1.87 bits per heavy atom. The predicted molar refractivity (Wildman–Crippen MR) is 117 cm³/mol. The van der Waals surface area contributed by atoms with Crippen LogP contribution >= 0.6 is 0 Å². The number of aliphatic hydroxyl groups is 1. The van der Waals surface area contributed by atoms with Crippen molar-refractivity contribution in [3.63, 3.8) is 0 Å². The van der Waals surface area contributed by atoms with Crippen LogP contribution in [0.25, 0.3) is 0 Å². The number of amides is 1. The molecule has 162 valence electrons. The van der Waals surface area contributed by atoms with Gasteiger partial charge >= 0.3 is 0 Å². The number of aliphatic imine (C=N–C) groups is 1. The van der Waals surface area contributed by atoms with Gasteiger partial charge in [-0.1, -0.05) is 18.2 Å². The Bertz CT molecular complexity index is 813. The van der Waals surface area contributed by atoms with Gasteiger partial charge in [0, 0.05) is 38.4 Å². The fourth-order valence-electron chi connectivity index (χ4n) is 3.37. The number of furan rings is 1. The minimum Gasteiger partial charge on any atom is -0.466 e. The highest BCUT2D eigenvalue weighted by Gasteiger charge is 2.26. The summed E-state index contributed by atoms with van der Waals surface area (Å²) in [6.45, 7) is 7.51. The van der Waals surface area contributed by atoms with E-state index in [1.54, 1.807) is 19.1 Å². The van der Waals surface area contributed by atoms with E-state index in [1.165, 1.54) is 12.0 Å². The van der Waals surface area contributed by atoms with Crippen molar-refractivity contribution in [3.05, 3.63) is 54.5 Å². The fraction of sp³-hybridized carbons (Fsp3) is 0.455. The van der Waals surface area contributed by atoms with Gasteiger partial charge in [0.1, 0.15) is 17.9 Å². The number of carbonyl (C=O) groups is 1. The zero-order valence-electron chi connectivity index (χ0n) is 17.7. The Balaban J connectivity index is 1.50. The van der Waals surface area contributed by atoms with Gasteiger partial charge in [-0.15, -0.1) is 0 Å². The summed E-state index contributed by atoms with van der Waals surface area (Å²) >= 11 is 0. The molecule has 30 heavy (non-hydrogen) atoms. The molecule has 1 aromatic carbocycles. The monoisotopic (exact) mass is 413 g/mol. The highest BCUT2D eigenvalue weighted by atomic mass is 16.4. The van der Waals surface area contributed by atoms with E-state index < -0.39 is 5.60 Å². The Morgan fingerprint density at radius 3 is 2.50 bits per heavy atom. The maximum absolute atomic E-state index is 12.6. The molecule has 0 spiro atoms. The number of rotatable bonds is 7. The number of benzene rings is 1. The molecule has 1 aromatic heterocycles. The fourth-order valence-corrected chi connectivity index (χ4v) is 3.37. The van der Waals surface area contributed by atoms with Crippen LogP contribution in [-0.2, 0) is 10.4 Å². The van der Waals surface area contributed by atoms with Gasteiger partial charge in [0.2, 0.25) is 5.91 Å². The van der Waals surface area contributed by atoms with E-state index in [1.807, 2.05) is 30.0 Å². The molecule has 1 aliphatic heterocycles. The molecular formula is C22H31N5O3. The largest absolute Gasteiger partial charge is 0.466 e. The number of nitrogens with one attached hydrogen (secondary N) is 2. The van der Waals surface area contributed by atoms with Crippen LogP contribution in [0.3, 0.4) is 0 Å². The summed E-state index contributed by atoms with van der Waals surface area (Å²) in [4.78, 5) is 21.2. The van der Waals surface area contributed by atoms with Gasteiger partial charge in [-0.3, -0.25) is 4.79 Å². The smallest absolute Gasteiger partial charge is 0.244 e. The lowest BCUT2D eigenvalue weighted by Gasteiger charge is -2.36. The van der Waals surface area contributed by atoms with Gasteiger partial charge in [-0.05, 0) is 38.1 Å². The second-order valence-corrected chi connectivity index (χ2v) is 7.50. The average molecular weight is 414 g/mol. The van der Waals surface area contributed by atoms with E-state index >= 15 is 0 Å². The van der Waals surface area contributed by atoms with Crippen LogP contribution in [0.15, 0.2) is 58.1 Å². The number of para-hydroxylation sites is 1. The molecule has 2 heterocycles. The molecule has 1 saturated heterocycles. The molecule has 2 aromatic rings. The maximum atomic E-state index is 12.6. The van der Waals surface area contributed by atoms with Gasteiger partial charge in [0.25, 0.3) is 0 Å². The molecule has 3 rings (SSSR count). The Hall–Kier alpha value is -3.00. The van der Waals surface area contributed by atoms with Crippen molar-refractivity contribution < 1.29 is 14.3 Å². The quantitative estimate of drug-likeness (QED) is 0.469. The lowest BCUT2D eigenvalue weighted by atomic mass is 10.0. The number of carbonyl (C=O) groups excluding carboxylic acids is 1. The summed E-state index contributed by atoms with van der Waals surface area (Å²) in [5.41, 5.74) is 0.00199. The van der Waals surface area contributed by atoms with E-state index in [2.05, 4.69) is 32.7 Å². The third-order valence-corrected chi connectivity index (χ3v) is 5.12. The molecule has 0 aliphatic carbocycles. The SMILES string of the molecule is CCNC(=NCC(=O)N1CCN(c2ccccc2)CC1)NCC(C)(O)c1ccco1. The van der Waals surface area contributed by atoms with Crippen LogP contribution in [0.5, 0.6) is 0 Å². The molecule has 8 heteroatoms. The zero-order chi connectivity index (χ0) is 21.4. The van der Waals surface area contributed by atoms with Crippen molar-refractivity contribution in [2.75, 3.05) is 50.7 Å². The van der Waals surface area contributed by atoms with E-state index in [0.29, 0.717) is 31.4 Å². The van der Waals surface area contributed by atoms with Crippen LogP contribution in [-0.4, -0.2) is 67.7 Å². The molecule has 3 N–H and O–H groups in total. The highest BCUT2D eigenvalue weighted by Crippen LogP contribution is 2.19. The maximum Gasteiger partial charge on any atom is 0.244 e. The van der Waals surface area contributed by atoms with E-state index in [9.17, 15) is 9.90 Å². The minimum atomic E-state index is -1.18. The molecular weight excluding hydrogens is 382 g/mol. The average Bonchev–Trinajstić information content (AvgIpc) is 3.32. The van der Waals surface area contributed by atoms with Crippen LogP contribution in [0.1, 0.15) is 19.6 Å². The molecule has 1 unspecified atom stereocenters. The third kappa shape index (κ3) is 5.76. The number of guanidine groups is 1. The normalized spacial score (nSPS) is 16.8. The summed E-state index contributed by atoms with van der Waals surface area (Å²) < 4.78 is 5.29. The van der Waals surface area contributed by atoms with Crippen molar-refractivity contribution in [1.82, 2.24) is 15.5 Å². The van der Waals surface area contributed by atoms with Crippen molar-refractivity contribution >= 4 is 17.6 Å². The molecule has 0 saturated carbocycles. The first kappa shape index (κ1) is 21.7. The number of nitrogens with zero attached hydrogens (tertiary/aromatic N) is 3. The first-order valence-corrected chi connectivity index (χ1v) is 10.4. The van der Waals surface area contributed by atoms with Crippen LogP contribution in [0, 0.1) is 0 Å². The van der Waals surface area contributed by atoms with Gasteiger partial charge in [0.05, 0.1) is 12.8 Å². The first-order chi connectivity index (χ1) is 14.5. The predicted octanol–water partition coefficient (Wildman–Crippen LogP) is 1.39. The van der Waals surface area contributed by atoms with E-state index in [4.69, 9.17) is 4.42 Å². The van der Waals surface area contributed by atoms with Gasteiger partial charge in [-0.25, -0.2) is 4.99 Å². The number of piperazine rings is 1. The molecule has 1 amide bonds. The second-order valence-electron chi connectivity index (χ2n) is 7.50. The van der Waals surface area contributed by atoms with Crippen molar-refractivity contribution in [2.45, 2.75) is 19.4 Å². The Kier molecular flexibility index (Phi) is 7.35. The van der Waals surface area contributed by atoms with Crippen molar-refractivity contribution in [3.8, 4) is 0 Å². The van der Waals surface area contributed by atoms with Gasteiger partial charge in [0.15, 0.2) is 5.96 Å². The number of anilines is 1. The Labute approximate surface area is 177 Å². The molecule has 0 radical (unpaired) electrons. The zero-order valence-corrected chi connectivity index (χ0v) is 17.7. The van der Waals surface area contributed by atoms with Gasteiger partial charge in [-0.2, -0.15) is 0 Å². The third-order valence-electron chi connectivity index (χ3n) is 5.12. The summed E-state index contributed by atoms with van der Waals surface area (Å²) in [6, 6.07) is 13.7. The standard InChI is InChI=1S/C22H31N5O3/c1-3-23-21(25-17-22(2,29)19-10-7-15-30-19)24-16-20(28)27-13-11-26(12-14-27)18-8-5-4-6-9-18/h4-10,15,29H,3,11-14,16-17H2,1-2H3,(H2,23,24,25). The number of hydrogen-bond acceptors (Lipinski definition) is 5. The summed E-state index contributed by atoms with van der Waals surface area (Å²) in [7, 11) is 0. The minimum absolute atomic E-state index is 0.00212. The highest BCUT2D eigenvalue weighted by molar-refractivity contribution is 5.85. The lowest BCUT2D eigenvalue weighted by molar-refractivity contribution is -0.129. The molecule has 1 atom stereocenters. The molecule has 1 fully saturated rings. The van der Waals surface area contributed by atoms with Crippen molar-refractivity contribution in [1.29, 1.82) is 0 Å². The van der Waals surface area contributed by atoms with Crippen LogP contribution in [0.2, 0.25) is 0 Å². The molecule has 0 bridgehead atoms. The van der Waals surface area contributed by atoms with Crippen LogP contribution < -0.4 is 15.5 Å².